The molecule has 0 aliphatic carbocycles. The number of amides is 1. The maximum absolute atomic E-state index is 10.5. The highest BCUT2D eigenvalue weighted by atomic mass is 16.6. The normalized spacial score (nSPS) is 21.4. The van der Waals surface area contributed by atoms with Crippen LogP contribution >= 0.6 is 0 Å². The lowest BCUT2D eigenvalue weighted by Gasteiger charge is -1.99. The Labute approximate surface area is 58.8 Å². The van der Waals surface area contributed by atoms with Crippen LogP contribution in [-0.4, -0.2) is 25.4 Å². The van der Waals surface area contributed by atoms with Crippen LogP contribution in [0.1, 0.15) is 0 Å². The van der Waals surface area contributed by atoms with Crippen LogP contribution in [0.3, 0.4) is 0 Å². The molecule has 1 aliphatic rings. The van der Waals surface area contributed by atoms with Crippen LogP contribution in [0.15, 0.2) is 12.8 Å². The number of ether oxygens (including phenoxy) is 2. The third-order valence-electron chi connectivity index (χ3n) is 1.02. The minimum atomic E-state index is -0.481. The molecule has 1 N–H and O–H groups in total. The molecule has 1 fully saturated rings. The van der Waals surface area contributed by atoms with Crippen molar-refractivity contribution in [2.75, 3.05) is 13.2 Å². The van der Waals surface area contributed by atoms with Gasteiger partial charge >= 0.3 is 6.09 Å². The summed E-state index contributed by atoms with van der Waals surface area (Å²) in [5.74, 6) is 0. The number of hydrogen-bond donors (Lipinski definition) is 1. The van der Waals surface area contributed by atoms with E-state index < -0.39 is 6.09 Å². The molecule has 1 rings (SSSR count). The van der Waals surface area contributed by atoms with Gasteiger partial charge in [0.25, 0.3) is 0 Å². The van der Waals surface area contributed by atoms with E-state index in [1.807, 2.05) is 0 Å². The Kier molecular flexibility index (Phi) is 2.28. The fourth-order valence-electron chi connectivity index (χ4n) is 0.458. The summed E-state index contributed by atoms with van der Waals surface area (Å²) in [7, 11) is 0. The van der Waals surface area contributed by atoms with Gasteiger partial charge in [-0.05, 0) is 6.20 Å². The molecule has 0 aromatic carbocycles. The van der Waals surface area contributed by atoms with Gasteiger partial charge in [-0.2, -0.15) is 0 Å². The predicted molar refractivity (Wildman–Crippen MR) is 34.4 cm³/mol. The van der Waals surface area contributed by atoms with Gasteiger partial charge in [-0.15, -0.1) is 0 Å². The number of alkyl carbamates (subject to hydrolysis) is 1. The van der Waals surface area contributed by atoms with Gasteiger partial charge in [-0.1, -0.05) is 6.58 Å². The van der Waals surface area contributed by atoms with E-state index in [9.17, 15) is 4.79 Å². The van der Waals surface area contributed by atoms with Crippen molar-refractivity contribution in [3.8, 4) is 0 Å². The second kappa shape index (κ2) is 3.22. The van der Waals surface area contributed by atoms with Crippen molar-refractivity contribution in [3.05, 3.63) is 12.8 Å². The first-order valence-electron chi connectivity index (χ1n) is 2.98. The summed E-state index contributed by atoms with van der Waals surface area (Å²) in [6, 6.07) is 0. The van der Waals surface area contributed by atoms with E-state index in [1.54, 1.807) is 0 Å². The van der Waals surface area contributed by atoms with E-state index in [0.717, 1.165) is 0 Å². The molecule has 0 aromatic heterocycles. The molecule has 1 aliphatic heterocycles. The van der Waals surface area contributed by atoms with Crippen LogP contribution in [0.5, 0.6) is 0 Å². The Balaban J connectivity index is 1.99. The Hall–Kier alpha value is -1.03. The molecule has 0 spiro atoms. The number of hydrogen-bond acceptors (Lipinski definition) is 3. The van der Waals surface area contributed by atoms with E-state index in [4.69, 9.17) is 4.74 Å². The van der Waals surface area contributed by atoms with E-state index >= 15 is 0 Å². The fraction of sp³-hybridized carbons (Fsp3) is 0.500. The van der Waals surface area contributed by atoms with Gasteiger partial charge in [-0.3, -0.25) is 5.32 Å². The van der Waals surface area contributed by atoms with Gasteiger partial charge in [0, 0.05) is 0 Å². The molecule has 0 aromatic rings. The standard InChI is InChI=1S/C6H9NO3/c1-2-7-6(8)10-4-5-3-9-5/h2,5H,1,3-4H2,(H,7,8). The van der Waals surface area contributed by atoms with Gasteiger partial charge in [0.1, 0.15) is 12.7 Å². The average molecular weight is 143 g/mol. The van der Waals surface area contributed by atoms with E-state index in [-0.39, 0.29) is 6.10 Å². The van der Waals surface area contributed by atoms with Gasteiger partial charge in [0.05, 0.1) is 6.61 Å². The minimum absolute atomic E-state index is 0.121. The minimum Gasteiger partial charge on any atom is -0.446 e. The summed E-state index contributed by atoms with van der Waals surface area (Å²) in [5.41, 5.74) is 0. The van der Waals surface area contributed by atoms with Crippen LogP contribution in [0.4, 0.5) is 4.79 Å². The van der Waals surface area contributed by atoms with Crippen LogP contribution in [0.25, 0.3) is 0 Å². The lowest BCUT2D eigenvalue weighted by Crippen LogP contribution is -2.20. The first-order valence-corrected chi connectivity index (χ1v) is 2.98. The smallest absolute Gasteiger partial charge is 0.411 e. The molecule has 1 saturated heterocycles. The largest absolute Gasteiger partial charge is 0.446 e. The zero-order valence-corrected chi connectivity index (χ0v) is 5.50. The van der Waals surface area contributed by atoms with Gasteiger partial charge in [0.2, 0.25) is 0 Å². The molecular formula is C6H9NO3. The summed E-state index contributed by atoms with van der Waals surface area (Å²) >= 11 is 0. The zero-order valence-electron chi connectivity index (χ0n) is 5.50. The van der Waals surface area contributed by atoms with Crippen LogP contribution < -0.4 is 5.32 Å². The van der Waals surface area contributed by atoms with E-state index in [2.05, 4.69) is 16.6 Å². The van der Waals surface area contributed by atoms with Crippen molar-refractivity contribution in [1.82, 2.24) is 5.32 Å². The lowest BCUT2D eigenvalue weighted by atomic mass is 10.5. The maximum atomic E-state index is 10.5. The van der Waals surface area contributed by atoms with Crippen LogP contribution in [0, 0.1) is 0 Å². The summed E-state index contributed by atoms with van der Waals surface area (Å²) in [5, 5.41) is 2.28. The monoisotopic (exact) mass is 143 g/mol. The summed E-state index contributed by atoms with van der Waals surface area (Å²) in [6.07, 6.45) is 0.914. The van der Waals surface area contributed by atoms with Crippen LogP contribution in [0.2, 0.25) is 0 Å². The topological polar surface area (TPSA) is 50.9 Å². The first kappa shape index (κ1) is 7.08. The predicted octanol–water partition coefficient (Wildman–Crippen LogP) is 0.255. The molecule has 0 bridgehead atoms. The molecular weight excluding hydrogens is 134 g/mol. The molecule has 4 nitrogen and oxygen atoms in total. The van der Waals surface area contributed by atoms with Crippen molar-refractivity contribution < 1.29 is 14.3 Å². The number of epoxide rings is 1. The highest BCUT2D eigenvalue weighted by molar-refractivity contribution is 5.68. The first-order chi connectivity index (χ1) is 4.83. The molecule has 56 valence electrons. The number of carbonyl (C=O) groups excluding carboxylic acids is 1. The molecule has 0 saturated carbocycles. The van der Waals surface area contributed by atoms with E-state index in [0.29, 0.717) is 13.2 Å². The Morgan fingerprint density at radius 3 is 3.20 bits per heavy atom. The Bertz CT molecular complexity index is 142. The Morgan fingerprint density at radius 2 is 2.70 bits per heavy atom. The van der Waals surface area contributed by atoms with E-state index in [1.165, 1.54) is 6.20 Å². The van der Waals surface area contributed by atoms with Crippen LogP contribution in [-0.2, 0) is 9.47 Å². The van der Waals surface area contributed by atoms with Gasteiger partial charge in [0.15, 0.2) is 0 Å². The second-order valence-corrected chi connectivity index (χ2v) is 1.90. The Morgan fingerprint density at radius 1 is 2.00 bits per heavy atom. The van der Waals surface area contributed by atoms with Gasteiger partial charge < -0.3 is 9.47 Å². The average Bonchev–Trinajstić information content (AvgIpc) is 2.67. The third kappa shape index (κ3) is 2.50. The number of carbonyl (C=O) groups is 1. The van der Waals surface area contributed by atoms with Crippen molar-refractivity contribution in [3.63, 3.8) is 0 Å². The number of rotatable bonds is 3. The molecule has 1 heterocycles. The molecule has 0 radical (unpaired) electrons. The van der Waals surface area contributed by atoms with Crippen molar-refractivity contribution in [2.24, 2.45) is 0 Å². The fourth-order valence-corrected chi connectivity index (χ4v) is 0.458. The molecule has 4 heteroatoms. The summed E-state index contributed by atoms with van der Waals surface area (Å²) in [4.78, 5) is 10.5. The van der Waals surface area contributed by atoms with Crippen molar-refractivity contribution >= 4 is 6.09 Å². The van der Waals surface area contributed by atoms with Crippen molar-refractivity contribution in [2.45, 2.75) is 6.10 Å². The van der Waals surface area contributed by atoms with Gasteiger partial charge in [-0.25, -0.2) is 4.79 Å². The number of nitrogens with one attached hydrogen (secondary N) is 1. The zero-order chi connectivity index (χ0) is 7.40. The SMILES string of the molecule is C=CNC(=O)OCC1CO1. The third-order valence-corrected chi connectivity index (χ3v) is 1.02. The molecule has 1 atom stereocenters. The second-order valence-electron chi connectivity index (χ2n) is 1.90. The quantitative estimate of drug-likeness (QED) is 0.576. The highest BCUT2D eigenvalue weighted by Crippen LogP contribution is 2.08. The summed E-state index contributed by atoms with van der Waals surface area (Å²) < 4.78 is 9.47. The molecule has 1 amide bonds. The maximum Gasteiger partial charge on any atom is 0.411 e. The lowest BCUT2D eigenvalue weighted by molar-refractivity contribution is 0.140. The molecule has 10 heavy (non-hydrogen) atoms. The molecule has 1 unspecified atom stereocenters. The summed E-state index contributed by atoms with van der Waals surface area (Å²) in [6.45, 7) is 4.33. The highest BCUT2D eigenvalue weighted by Gasteiger charge is 2.23. The van der Waals surface area contributed by atoms with Crippen molar-refractivity contribution in [1.29, 1.82) is 0 Å².